The van der Waals surface area contributed by atoms with Crippen LogP contribution in [0.4, 0.5) is 11.4 Å². The second kappa shape index (κ2) is 5.55. The number of carbonyl (C=O) groups excluding carboxylic acids is 1. The fourth-order valence-corrected chi connectivity index (χ4v) is 2.37. The van der Waals surface area contributed by atoms with Gasteiger partial charge in [-0.3, -0.25) is 9.35 Å². The molecule has 2 rings (SSSR count). The van der Waals surface area contributed by atoms with Gasteiger partial charge in [-0.1, -0.05) is 17.7 Å². The highest BCUT2D eigenvalue weighted by atomic mass is 32.2. The standard InChI is InChI=1S/C14H14N2O4S/c1-9-2-4-10(5-3-9)14(17)16-11-6-7-13(12(15)8-11)21(18,19)20/h2-8H,15H2,1H3,(H,16,17)(H,18,19,20). The maximum Gasteiger partial charge on any atom is 0.296 e. The van der Waals surface area contributed by atoms with Crippen molar-refractivity contribution in [2.45, 2.75) is 11.8 Å². The normalized spacial score (nSPS) is 11.1. The van der Waals surface area contributed by atoms with Gasteiger partial charge in [-0.25, -0.2) is 0 Å². The summed E-state index contributed by atoms with van der Waals surface area (Å²) in [7, 11) is -4.37. The third kappa shape index (κ3) is 3.59. The van der Waals surface area contributed by atoms with E-state index in [4.69, 9.17) is 10.3 Å². The maximum atomic E-state index is 12.0. The number of aryl methyl sites for hydroxylation is 1. The van der Waals surface area contributed by atoms with E-state index in [0.29, 0.717) is 11.3 Å². The minimum atomic E-state index is -4.37. The van der Waals surface area contributed by atoms with Gasteiger partial charge in [-0.05, 0) is 37.3 Å². The van der Waals surface area contributed by atoms with E-state index in [2.05, 4.69) is 5.32 Å². The molecule has 0 saturated carbocycles. The summed E-state index contributed by atoms with van der Waals surface area (Å²) in [5, 5.41) is 2.60. The van der Waals surface area contributed by atoms with Crippen molar-refractivity contribution in [2.75, 3.05) is 11.1 Å². The fraction of sp³-hybridized carbons (Fsp3) is 0.0714. The SMILES string of the molecule is Cc1ccc(C(=O)Nc2ccc(S(=O)(=O)O)c(N)c2)cc1. The number of carbonyl (C=O) groups is 1. The van der Waals surface area contributed by atoms with Crippen molar-refractivity contribution in [3.05, 3.63) is 53.6 Å². The van der Waals surface area contributed by atoms with Crippen LogP contribution < -0.4 is 11.1 Å². The van der Waals surface area contributed by atoms with Crippen LogP contribution >= 0.6 is 0 Å². The summed E-state index contributed by atoms with van der Waals surface area (Å²) in [5.41, 5.74) is 7.26. The van der Waals surface area contributed by atoms with Gasteiger partial charge in [0.15, 0.2) is 0 Å². The molecule has 0 radical (unpaired) electrons. The number of nitrogen functional groups attached to an aromatic ring is 1. The number of benzene rings is 2. The first-order valence-electron chi connectivity index (χ1n) is 6.02. The molecule has 4 N–H and O–H groups in total. The third-order valence-corrected chi connectivity index (χ3v) is 3.79. The smallest absolute Gasteiger partial charge is 0.296 e. The Morgan fingerprint density at radius 1 is 1.14 bits per heavy atom. The molecule has 6 nitrogen and oxygen atoms in total. The number of anilines is 2. The quantitative estimate of drug-likeness (QED) is 0.594. The summed E-state index contributed by atoms with van der Waals surface area (Å²) in [5.74, 6) is -0.339. The largest absolute Gasteiger partial charge is 0.398 e. The van der Waals surface area contributed by atoms with Crippen LogP contribution in [0.5, 0.6) is 0 Å². The molecule has 0 atom stereocenters. The first-order valence-corrected chi connectivity index (χ1v) is 7.46. The van der Waals surface area contributed by atoms with Crippen molar-refractivity contribution < 1.29 is 17.8 Å². The van der Waals surface area contributed by atoms with Crippen LogP contribution in [0, 0.1) is 6.92 Å². The van der Waals surface area contributed by atoms with Gasteiger partial charge in [0.2, 0.25) is 0 Å². The van der Waals surface area contributed by atoms with E-state index in [9.17, 15) is 13.2 Å². The van der Waals surface area contributed by atoms with Gasteiger partial charge in [0.1, 0.15) is 4.90 Å². The molecule has 0 bridgehead atoms. The minimum Gasteiger partial charge on any atom is -0.398 e. The molecule has 7 heteroatoms. The summed E-state index contributed by atoms with van der Waals surface area (Å²) in [4.78, 5) is 11.6. The van der Waals surface area contributed by atoms with Gasteiger partial charge >= 0.3 is 0 Å². The van der Waals surface area contributed by atoms with Gasteiger partial charge in [0.25, 0.3) is 16.0 Å². The van der Waals surface area contributed by atoms with E-state index in [1.54, 1.807) is 12.1 Å². The topological polar surface area (TPSA) is 109 Å². The fourth-order valence-electron chi connectivity index (χ4n) is 1.77. The molecule has 0 aliphatic heterocycles. The predicted octanol–water partition coefficient (Wildman–Crippen LogP) is 2.08. The first kappa shape index (κ1) is 15.0. The lowest BCUT2D eigenvalue weighted by atomic mass is 10.1. The van der Waals surface area contributed by atoms with E-state index in [-0.39, 0.29) is 11.6 Å². The molecule has 21 heavy (non-hydrogen) atoms. The Morgan fingerprint density at radius 3 is 2.29 bits per heavy atom. The Balaban J connectivity index is 2.22. The van der Waals surface area contributed by atoms with E-state index < -0.39 is 15.0 Å². The van der Waals surface area contributed by atoms with Crippen molar-refractivity contribution in [1.82, 2.24) is 0 Å². The van der Waals surface area contributed by atoms with Crippen LogP contribution in [0.2, 0.25) is 0 Å². The monoisotopic (exact) mass is 306 g/mol. The molecule has 1 amide bonds. The van der Waals surface area contributed by atoms with Crippen LogP contribution in [0.3, 0.4) is 0 Å². The molecule has 0 fully saturated rings. The van der Waals surface area contributed by atoms with Crippen molar-refractivity contribution in [3.63, 3.8) is 0 Å². The lowest BCUT2D eigenvalue weighted by Gasteiger charge is -2.08. The molecule has 0 aliphatic carbocycles. The molecule has 110 valence electrons. The van der Waals surface area contributed by atoms with Crippen LogP contribution in [0.1, 0.15) is 15.9 Å². The van der Waals surface area contributed by atoms with Gasteiger partial charge in [0.05, 0.1) is 5.69 Å². The Hall–Kier alpha value is -2.38. The Bertz CT molecular complexity index is 783. The summed E-state index contributed by atoms with van der Waals surface area (Å²) < 4.78 is 31.0. The lowest BCUT2D eigenvalue weighted by molar-refractivity contribution is 0.102. The van der Waals surface area contributed by atoms with Gasteiger partial charge < -0.3 is 11.1 Å². The number of rotatable bonds is 3. The van der Waals surface area contributed by atoms with Crippen LogP contribution in [-0.4, -0.2) is 18.9 Å². The molecular formula is C14H14N2O4S. The van der Waals surface area contributed by atoms with E-state index in [0.717, 1.165) is 11.6 Å². The van der Waals surface area contributed by atoms with Gasteiger partial charge in [0, 0.05) is 11.3 Å². The summed E-state index contributed by atoms with van der Waals surface area (Å²) >= 11 is 0. The number of amides is 1. The number of nitrogens with one attached hydrogen (secondary N) is 1. The molecule has 0 spiro atoms. The summed E-state index contributed by atoms with van der Waals surface area (Å²) in [6, 6.07) is 10.7. The molecule has 2 aromatic carbocycles. The first-order chi connectivity index (χ1) is 9.77. The van der Waals surface area contributed by atoms with Crippen molar-refractivity contribution in [3.8, 4) is 0 Å². The van der Waals surface area contributed by atoms with Gasteiger partial charge in [-0.2, -0.15) is 8.42 Å². The second-order valence-corrected chi connectivity index (χ2v) is 5.94. The Labute approximate surface area is 122 Å². The number of nitrogens with two attached hydrogens (primary N) is 1. The molecule has 2 aromatic rings. The zero-order chi connectivity index (χ0) is 15.6. The Morgan fingerprint density at radius 2 is 1.76 bits per heavy atom. The maximum absolute atomic E-state index is 12.0. The molecule has 0 saturated heterocycles. The Kier molecular flexibility index (Phi) is 3.97. The van der Waals surface area contributed by atoms with E-state index >= 15 is 0 Å². The predicted molar refractivity (Wildman–Crippen MR) is 79.8 cm³/mol. The van der Waals surface area contributed by atoms with Crippen molar-refractivity contribution in [1.29, 1.82) is 0 Å². The second-order valence-electron chi connectivity index (χ2n) is 4.55. The zero-order valence-electron chi connectivity index (χ0n) is 11.2. The van der Waals surface area contributed by atoms with E-state index in [1.807, 2.05) is 19.1 Å². The highest BCUT2D eigenvalue weighted by molar-refractivity contribution is 7.86. The summed E-state index contributed by atoms with van der Waals surface area (Å²) in [6.45, 7) is 1.91. The zero-order valence-corrected chi connectivity index (χ0v) is 12.0. The lowest BCUT2D eigenvalue weighted by Crippen LogP contribution is -2.12. The molecule has 0 heterocycles. The van der Waals surface area contributed by atoms with E-state index in [1.165, 1.54) is 12.1 Å². The highest BCUT2D eigenvalue weighted by Crippen LogP contribution is 2.22. The average molecular weight is 306 g/mol. The highest BCUT2D eigenvalue weighted by Gasteiger charge is 2.14. The number of hydrogen-bond acceptors (Lipinski definition) is 4. The third-order valence-electron chi connectivity index (χ3n) is 2.86. The van der Waals surface area contributed by atoms with Crippen molar-refractivity contribution >= 4 is 27.4 Å². The molecule has 0 aliphatic rings. The van der Waals surface area contributed by atoms with Crippen LogP contribution in [-0.2, 0) is 10.1 Å². The number of hydrogen-bond donors (Lipinski definition) is 3. The molecule has 0 unspecified atom stereocenters. The van der Waals surface area contributed by atoms with Crippen molar-refractivity contribution in [2.24, 2.45) is 0 Å². The molecular weight excluding hydrogens is 292 g/mol. The van der Waals surface area contributed by atoms with Crippen LogP contribution in [0.25, 0.3) is 0 Å². The van der Waals surface area contributed by atoms with Gasteiger partial charge in [-0.15, -0.1) is 0 Å². The average Bonchev–Trinajstić information content (AvgIpc) is 2.37. The minimum absolute atomic E-state index is 0.140. The molecule has 0 aromatic heterocycles. The van der Waals surface area contributed by atoms with Crippen LogP contribution in [0.15, 0.2) is 47.4 Å². The summed E-state index contributed by atoms with van der Waals surface area (Å²) in [6.07, 6.45) is 0.